The van der Waals surface area contributed by atoms with Crippen LogP contribution < -0.4 is 4.72 Å². The summed E-state index contributed by atoms with van der Waals surface area (Å²) in [5, 5.41) is 9.13. The smallest absolute Gasteiger partial charge is 0.321 e. The number of carboxylic acid groups (broad SMARTS) is 1. The predicted molar refractivity (Wildman–Crippen MR) is 88.8 cm³/mol. The Morgan fingerprint density at radius 3 is 2.48 bits per heavy atom. The first-order chi connectivity index (χ1) is 10.9. The van der Waals surface area contributed by atoms with Gasteiger partial charge in [0.2, 0.25) is 10.0 Å². The monoisotopic (exact) mass is 343 g/mol. The SMILES string of the molecule is CCCCC(NS(=O)(=O)CC(Cc1ccccc1)OC)C(=O)O. The number of hydrogen-bond acceptors (Lipinski definition) is 4. The van der Waals surface area contributed by atoms with Gasteiger partial charge < -0.3 is 9.84 Å². The molecule has 23 heavy (non-hydrogen) atoms. The molecule has 6 nitrogen and oxygen atoms in total. The molecule has 0 aliphatic heterocycles. The number of benzene rings is 1. The molecule has 0 aliphatic rings. The fourth-order valence-corrected chi connectivity index (χ4v) is 3.73. The zero-order valence-corrected chi connectivity index (χ0v) is 14.4. The lowest BCUT2D eigenvalue weighted by Gasteiger charge is -2.19. The fraction of sp³-hybridized carbons (Fsp3) is 0.562. The Bertz CT molecular complexity index is 573. The number of ether oxygens (including phenoxy) is 1. The molecule has 2 N–H and O–H groups in total. The Kier molecular flexibility index (Phi) is 8.22. The Labute approximate surface area is 137 Å². The van der Waals surface area contributed by atoms with E-state index >= 15 is 0 Å². The van der Waals surface area contributed by atoms with Crippen molar-refractivity contribution in [3.05, 3.63) is 35.9 Å². The Hall–Kier alpha value is -1.44. The molecule has 2 unspecified atom stereocenters. The third-order valence-electron chi connectivity index (χ3n) is 3.51. The van der Waals surface area contributed by atoms with E-state index in [0.29, 0.717) is 12.8 Å². The zero-order chi connectivity index (χ0) is 17.3. The van der Waals surface area contributed by atoms with Crippen LogP contribution in [0.2, 0.25) is 0 Å². The van der Waals surface area contributed by atoms with Crippen molar-refractivity contribution in [2.24, 2.45) is 0 Å². The summed E-state index contributed by atoms with van der Waals surface area (Å²) in [5.41, 5.74) is 0.968. The first kappa shape index (κ1) is 19.6. The minimum Gasteiger partial charge on any atom is -0.480 e. The van der Waals surface area contributed by atoms with Crippen molar-refractivity contribution < 1.29 is 23.1 Å². The van der Waals surface area contributed by atoms with Crippen LogP contribution in [0.3, 0.4) is 0 Å². The molecule has 1 aromatic carbocycles. The number of sulfonamides is 1. The maximum atomic E-state index is 12.2. The summed E-state index contributed by atoms with van der Waals surface area (Å²) in [6.07, 6.45) is 1.65. The number of hydrogen-bond donors (Lipinski definition) is 2. The molecule has 0 heterocycles. The van der Waals surface area contributed by atoms with Crippen molar-refractivity contribution in [2.75, 3.05) is 12.9 Å². The summed E-state index contributed by atoms with van der Waals surface area (Å²) in [7, 11) is -2.29. The van der Waals surface area contributed by atoms with E-state index in [4.69, 9.17) is 9.84 Å². The van der Waals surface area contributed by atoms with E-state index in [1.54, 1.807) is 0 Å². The van der Waals surface area contributed by atoms with Crippen LogP contribution in [0.4, 0.5) is 0 Å². The molecule has 0 aromatic heterocycles. The minimum absolute atomic E-state index is 0.270. The van der Waals surface area contributed by atoms with Gasteiger partial charge in [-0.1, -0.05) is 50.1 Å². The van der Waals surface area contributed by atoms with Crippen LogP contribution in [-0.4, -0.2) is 44.5 Å². The molecule has 0 bridgehead atoms. The molecule has 0 saturated carbocycles. The summed E-state index contributed by atoms with van der Waals surface area (Å²) >= 11 is 0. The lowest BCUT2D eigenvalue weighted by Crippen LogP contribution is -2.44. The van der Waals surface area contributed by atoms with Gasteiger partial charge in [0.15, 0.2) is 0 Å². The highest BCUT2D eigenvalue weighted by Crippen LogP contribution is 2.09. The molecular weight excluding hydrogens is 318 g/mol. The van der Waals surface area contributed by atoms with Crippen LogP contribution in [0, 0.1) is 0 Å². The third-order valence-corrected chi connectivity index (χ3v) is 4.97. The lowest BCUT2D eigenvalue weighted by molar-refractivity contribution is -0.139. The van der Waals surface area contributed by atoms with Crippen molar-refractivity contribution in [3.8, 4) is 0 Å². The van der Waals surface area contributed by atoms with E-state index in [9.17, 15) is 13.2 Å². The van der Waals surface area contributed by atoms with Gasteiger partial charge >= 0.3 is 5.97 Å². The fourth-order valence-electron chi connectivity index (χ4n) is 2.24. The molecule has 0 fully saturated rings. The van der Waals surface area contributed by atoms with Gasteiger partial charge in [-0.2, -0.15) is 0 Å². The van der Waals surface area contributed by atoms with E-state index in [-0.39, 0.29) is 12.2 Å². The number of unbranched alkanes of at least 4 members (excludes halogenated alkanes) is 1. The molecule has 0 aliphatic carbocycles. The summed E-state index contributed by atoms with van der Waals surface area (Å²) < 4.78 is 31.9. The van der Waals surface area contributed by atoms with Crippen LogP contribution in [-0.2, 0) is 26.0 Å². The molecule has 2 atom stereocenters. The van der Waals surface area contributed by atoms with Gasteiger partial charge in [0, 0.05) is 7.11 Å². The van der Waals surface area contributed by atoms with Crippen molar-refractivity contribution in [3.63, 3.8) is 0 Å². The second-order valence-corrected chi connectivity index (χ2v) is 7.28. The second-order valence-electron chi connectivity index (χ2n) is 5.48. The van der Waals surface area contributed by atoms with E-state index in [0.717, 1.165) is 12.0 Å². The van der Waals surface area contributed by atoms with Crippen molar-refractivity contribution >= 4 is 16.0 Å². The Morgan fingerprint density at radius 1 is 1.30 bits per heavy atom. The number of carboxylic acids is 1. The van der Waals surface area contributed by atoms with Gasteiger partial charge in [0.25, 0.3) is 0 Å². The largest absolute Gasteiger partial charge is 0.480 e. The first-order valence-electron chi connectivity index (χ1n) is 7.67. The van der Waals surface area contributed by atoms with Gasteiger partial charge in [0.1, 0.15) is 6.04 Å². The lowest BCUT2D eigenvalue weighted by atomic mass is 10.1. The molecule has 0 radical (unpaired) electrons. The highest BCUT2D eigenvalue weighted by atomic mass is 32.2. The minimum atomic E-state index is -3.74. The third kappa shape index (κ3) is 7.58. The normalized spacial score (nSPS) is 14.3. The van der Waals surface area contributed by atoms with Gasteiger partial charge in [0.05, 0.1) is 11.9 Å². The summed E-state index contributed by atoms with van der Waals surface area (Å²) in [6, 6.07) is 8.34. The standard InChI is InChI=1S/C16H25NO5S/c1-3-4-10-15(16(18)19)17-23(20,21)12-14(22-2)11-13-8-6-5-7-9-13/h5-9,14-15,17H,3-4,10-12H2,1-2H3,(H,18,19). The van der Waals surface area contributed by atoms with Gasteiger partial charge in [-0.3, -0.25) is 4.79 Å². The number of nitrogens with one attached hydrogen (secondary N) is 1. The maximum Gasteiger partial charge on any atom is 0.321 e. The van der Waals surface area contributed by atoms with Crippen molar-refractivity contribution in [1.82, 2.24) is 4.72 Å². The maximum absolute atomic E-state index is 12.2. The van der Waals surface area contributed by atoms with Crippen LogP contribution >= 0.6 is 0 Å². The van der Waals surface area contributed by atoms with Crippen LogP contribution in [0.15, 0.2) is 30.3 Å². The Balaban J connectivity index is 2.68. The van der Waals surface area contributed by atoms with E-state index in [1.165, 1.54) is 7.11 Å². The molecule has 0 amide bonds. The van der Waals surface area contributed by atoms with Crippen LogP contribution in [0.1, 0.15) is 31.7 Å². The van der Waals surface area contributed by atoms with Crippen LogP contribution in [0.25, 0.3) is 0 Å². The molecule has 7 heteroatoms. The summed E-state index contributed by atoms with van der Waals surface area (Å²) in [6.45, 7) is 1.92. The average Bonchev–Trinajstić information content (AvgIpc) is 2.51. The number of methoxy groups -OCH3 is 1. The average molecular weight is 343 g/mol. The Morgan fingerprint density at radius 2 is 1.96 bits per heavy atom. The first-order valence-corrected chi connectivity index (χ1v) is 9.32. The van der Waals surface area contributed by atoms with Crippen molar-refractivity contribution in [1.29, 1.82) is 0 Å². The highest BCUT2D eigenvalue weighted by Gasteiger charge is 2.26. The number of carbonyl (C=O) groups is 1. The summed E-state index contributed by atoms with van der Waals surface area (Å²) in [5.74, 6) is -1.42. The molecular formula is C16H25NO5S. The molecule has 0 saturated heterocycles. The molecule has 130 valence electrons. The van der Waals surface area contributed by atoms with E-state index in [2.05, 4.69) is 4.72 Å². The predicted octanol–water partition coefficient (Wildman–Crippen LogP) is 1.81. The summed E-state index contributed by atoms with van der Waals surface area (Å²) in [4.78, 5) is 11.2. The second kappa shape index (κ2) is 9.64. The van der Waals surface area contributed by atoms with Crippen molar-refractivity contribution in [2.45, 2.75) is 44.8 Å². The number of rotatable bonds is 11. The van der Waals surface area contributed by atoms with Crippen LogP contribution in [0.5, 0.6) is 0 Å². The highest BCUT2D eigenvalue weighted by molar-refractivity contribution is 7.89. The molecule has 0 spiro atoms. The zero-order valence-electron chi connectivity index (χ0n) is 13.6. The van der Waals surface area contributed by atoms with Gasteiger partial charge in [-0.05, 0) is 18.4 Å². The van der Waals surface area contributed by atoms with E-state index in [1.807, 2.05) is 37.3 Å². The molecule has 1 rings (SSSR count). The van der Waals surface area contributed by atoms with E-state index < -0.39 is 28.1 Å². The topological polar surface area (TPSA) is 92.7 Å². The van der Waals surface area contributed by atoms with Gasteiger partial charge in [-0.15, -0.1) is 0 Å². The number of aliphatic carboxylic acids is 1. The van der Waals surface area contributed by atoms with Gasteiger partial charge in [-0.25, -0.2) is 13.1 Å². The molecule has 1 aromatic rings. The quantitative estimate of drug-likeness (QED) is 0.639.